The fraction of sp³-hybridized carbons (Fsp3) is 0.912. The summed E-state index contributed by atoms with van der Waals surface area (Å²) in [4.78, 5) is 22.8. The Morgan fingerprint density at radius 2 is 1.13 bits per heavy atom. The van der Waals surface area contributed by atoms with E-state index in [9.17, 15) is 39.8 Å². The molecular weight excluding hydrogens is 631 g/mol. The van der Waals surface area contributed by atoms with Crippen molar-refractivity contribution in [2.75, 3.05) is 19.8 Å². The summed E-state index contributed by atoms with van der Waals surface area (Å²) < 4.78 is 33.8. The first kappa shape index (κ1) is 44.1. The van der Waals surface area contributed by atoms with Crippen molar-refractivity contribution >= 4 is 13.8 Å². The number of allylic oxidation sites excluding steroid dienone is 2. The van der Waals surface area contributed by atoms with Crippen LogP contribution >= 0.6 is 7.82 Å². The lowest BCUT2D eigenvalue weighted by atomic mass is 9.85. The molecule has 0 spiro atoms. The highest BCUT2D eigenvalue weighted by Crippen LogP contribution is 2.47. The van der Waals surface area contributed by atoms with Crippen LogP contribution in [0.25, 0.3) is 0 Å². The summed E-state index contributed by atoms with van der Waals surface area (Å²) in [7, 11) is -5.00. The summed E-state index contributed by atoms with van der Waals surface area (Å²) in [6.07, 6.45) is 11.8. The molecule has 47 heavy (non-hydrogen) atoms. The van der Waals surface area contributed by atoms with E-state index in [2.05, 4.69) is 26.0 Å². The number of aliphatic hydroxyl groups excluding tert-OH is 5. The third-order valence-corrected chi connectivity index (χ3v) is 9.37. The molecule has 1 aliphatic rings. The first-order valence-corrected chi connectivity index (χ1v) is 19.5. The van der Waals surface area contributed by atoms with Crippen LogP contribution in [0.5, 0.6) is 0 Å². The van der Waals surface area contributed by atoms with Crippen LogP contribution in [0.3, 0.4) is 0 Å². The Morgan fingerprint density at radius 3 is 1.72 bits per heavy atom. The summed E-state index contributed by atoms with van der Waals surface area (Å²) >= 11 is 0. The molecular formula is C34H65O12P. The molecule has 0 aromatic rings. The van der Waals surface area contributed by atoms with E-state index in [0.717, 1.165) is 57.8 Å². The van der Waals surface area contributed by atoms with Gasteiger partial charge in [0, 0.05) is 13.0 Å². The molecule has 278 valence electrons. The van der Waals surface area contributed by atoms with Crippen LogP contribution in [0.15, 0.2) is 12.2 Å². The van der Waals surface area contributed by atoms with Gasteiger partial charge in [-0.05, 0) is 38.5 Å². The number of carbonyl (C=O) groups excluding carboxylic acids is 1. The van der Waals surface area contributed by atoms with Crippen LogP contribution in [0.1, 0.15) is 136 Å². The molecule has 1 fully saturated rings. The summed E-state index contributed by atoms with van der Waals surface area (Å²) in [5.74, 6) is -0.487. The zero-order chi connectivity index (χ0) is 34.9. The van der Waals surface area contributed by atoms with E-state index < -0.39 is 63.1 Å². The Bertz CT molecular complexity index is 843. The second-order valence-corrected chi connectivity index (χ2v) is 14.1. The Labute approximate surface area is 282 Å². The van der Waals surface area contributed by atoms with Gasteiger partial charge in [-0.2, -0.15) is 0 Å². The van der Waals surface area contributed by atoms with Crippen LogP contribution in [-0.4, -0.2) is 98.9 Å². The molecule has 13 heteroatoms. The van der Waals surface area contributed by atoms with Crippen LogP contribution in [0.4, 0.5) is 0 Å². The maximum atomic E-state index is 12.7. The first-order chi connectivity index (χ1) is 22.5. The Morgan fingerprint density at radius 1 is 0.660 bits per heavy atom. The summed E-state index contributed by atoms with van der Waals surface area (Å²) in [5.41, 5.74) is 0. The van der Waals surface area contributed by atoms with Crippen molar-refractivity contribution in [2.24, 2.45) is 0 Å². The Hall–Kier alpha value is -0.920. The monoisotopic (exact) mass is 696 g/mol. The van der Waals surface area contributed by atoms with E-state index in [1.807, 2.05) is 0 Å². The third-order valence-electron chi connectivity index (χ3n) is 8.39. The van der Waals surface area contributed by atoms with E-state index in [4.69, 9.17) is 18.5 Å². The largest absolute Gasteiger partial charge is 0.472 e. The van der Waals surface area contributed by atoms with Gasteiger partial charge in [0.1, 0.15) is 42.7 Å². The van der Waals surface area contributed by atoms with Gasteiger partial charge < -0.3 is 39.9 Å². The van der Waals surface area contributed by atoms with Crippen molar-refractivity contribution in [2.45, 2.75) is 179 Å². The standard InChI is InChI=1S/C34H65O12P/c1-3-5-7-9-11-12-13-14-15-16-18-20-22-24-43-25-27(45-28(35)23-21-19-17-10-8-6-4-2)26-44-47(41,42)46-34-32(39)30(37)29(36)31(38)33(34)40/h11-12,27,29-34,36-40H,3-10,13-26H2,1-2H3,(H,41,42)/b12-11-. The number of aliphatic hydroxyl groups is 5. The van der Waals surface area contributed by atoms with Gasteiger partial charge in [0.25, 0.3) is 0 Å². The highest BCUT2D eigenvalue weighted by atomic mass is 31.2. The van der Waals surface area contributed by atoms with Crippen LogP contribution in [-0.2, 0) is 27.9 Å². The van der Waals surface area contributed by atoms with Crippen LogP contribution < -0.4 is 0 Å². The number of hydrogen-bond donors (Lipinski definition) is 6. The highest BCUT2D eigenvalue weighted by molar-refractivity contribution is 7.47. The number of ether oxygens (including phenoxy) is 2. The lowest BCUT2D eigenvalue weighted by Gasteiger charge is -2.41. The fourth-order valence-corrected chi connectivity index (χ4v) is 6.38. The maximum absolute atomic E-state index is 12.7. The molecule has 1 aliphatic carbocycles. The topological polar surface area (TPSA) is 192 Å². The molecule has 12 nitrogen and oxygen atoms in total. The van der Waals surface area contributed by atoms with E-state index in [0.29, 0.717) is 13.0 Å². The zero-order valence-electron chi connectivity index (χ0n) is 28.8. The molecule has 0 amide bonds. The van der Waals surface area contributed by atoms with Crippen molar-refractivity contribution in [1.29, 1.82) is 0 Å². The summed E-state index contributed by atoms with van der Waals surface area (Å²) in [6.45, 7) is 4.13. The van der Waals surface area contributed by atoms with Crippen molar-refractivity contribution in [3.05, 3.63) is 12.2 Å². The molecule has 0 bridgehead atoms. The van der Waals surface area contributed by atoms with Gasteiger partial charge in [0.05, 0.1) is 13.2 Å². The summed E-state index contributed by atoms with van der Waals surface area (Å²) in [5, 5.41) is 49.8. The Balaban J connectivity index is 2.48. The van der Waals surface area contributed by atoms with E-state index in [1.165, 1.54) is 51.4 Å². The number of esters is 1. The van der Waals surface area contributed by atoms with E-state index in [-0.39, 0.29) is 13.0 Å². The predicted molar refractivity (Wildman–Crippen MR) is 180 cm³/mol. The van der Waals surface area contributed by atoms with Crippen molar-refractivity contribution in [3.8, 4) is 0 Å². The second-order valence-electron chi connectivity index (χ2n) is 12.7. The van der Waals surface area contributed by atoms with E-state index in [1.54, 1.807) is 0 Å². The number of hydrogen-bond acceptors (Lipinski definition) is 11. The highest BCUT2D eigenvalue weighted by Gasteiger charge is 2.51. The minimum atomic E-state index is -5.00. The lowest BCUT2D eigenvalue weighted by Crippen LogP contribution is -2.64. The predicted octanol–water partition coefficient (Wildman–Crippen LogP) is 5.24. The number of phosphoric ester groups is 1. The van der Waals surface area contributed by atoms with E-state index >= 15 is 0 Å². The quantitative estimate of drug-likeness (QED) is 0.0258. The number of phosphoric acid groups is 1. The summed E-state index contributed by atoms with van der Waals surface area (Å²) in [6, 6.07) is 0. The molecule has 6 unspecified atom stereocenters. The average molecular weight is 697 g/mol. The molecule has 1 rings (SSSR count). The van der Waals surface area contributed by atoms with Gasteiger partial charge in [0.2, 0.25) is 0 Å². The minimum Gasteiger partial charge on any atom is -0.457 e. The number of unbranched alkanes of at least 4 members (excludes halogenated alkanes) is 15. The first-order valence-electron chi connectivity index (χ1n) is 18.0. The number of rotatable bonds is 29. The SMILES string of the molecule is CCCCC/C=C\CCCCCCCCOCC(COP(=O)(O)OC1C(O)C(O)C(O)C(O)C1O)OC(=O)CCCCCCCCC. The smallest absolute Gasteiger partial charge is 0.457 e. The molecule has 0 aromatic heterocycles. The zero-order valence-corrected chi connectivity index (χ0v) is 29.7. The van der Waals surface area contributed by atoms with Gasteiger partial charge in [0.15, 0.2) is 0 Å². The molecule has 0 aliphatic heterocycles. The van der Waals surface area contributed by atoms with Gasteiger partial charge >= 0.3 is 13.8 Å². The molecule has 0 saturated heterocycles. The van der Waals surface area contributed by atoms with Gasteiger partial charge in [-0.3, -0.25) is 13.8 Å². The average Bonchev–Trinajstić information content (AvgIpc) is 3.05. The van der Waals surface area contributed by atoms with Crippen molar-refractivity contribution in [3.63, 3.8) is 0 Å². The molecule has 6 atom stereocenters. The van der Waals surface area contributed by atoms with Gasteiger partial charge in [-0.25, -0.2) is 4.57 Å². The van der Waals surface area contributed by atoms with Crippen molar-refractivity contribution in [1.82, 2.24) is 0 Å². The van der Waals surface area contributed by atoms with Crippen molar-refractivity contribution < 1.29 is 58.3 Å². The molecule has 1 saturated carbocycles. The normalized spacial score (nSPS) is 25.2. The van der Waals surface area contributed by atoms with Crippen LogP contribution in [0, 0.1) is 0 Å². The lowest BCUT2D eigenvalue weighted by molar-refractivity contribution is -0.220. The van der Waals surface area contributed by atoms with Crippen LogP contribution in [0.2, 0.25) is 0 Å². The second kappa shape index (κ2) is 26.9. The van der Waals surface area contributed by atoms with Gasteiger partial charge in [-0.1, -0.05) is 103 Å². The third kappa shape index (κ3) is 20.4. The maximum Gasteiger partial charge on any atom is 0.472 e. The van der Waals surface area contributed by atoms with Gasteiger partial charge in [-0.15, -0.1) is 0 Å². The molecule has 6 N–H and O–H groups in total. The molecule has 0 radical (unpaired) electrons. The molecule has 0 aromatic carbocycles. The minimum absolute atomic E-state index is 0.0777. The molecule has 0 heterocycles. The number of carbonyl (C=O) groups is 1. The Kier molecular flexibility index (Phi) is 25.2. The fourth-order valence-electron chi connectivity index (χ4n) is 5.41.